The average molecular weight is 371 g/mol. The summed E-state index contributed by atoms with van der Waals surface area (Å²) in [6.45, 7) is 3.56. The molecule has 4 rings (SSSR count). The van der Waals surface area contributed by atoms with Crippen LogP contribution in [0, 0.1) is 5.82 Å². The zero-order valence-corrected chi connectivity index (χ0v) is 15.0. The van der Waals surface area contributed by atoms with Gasteiger partial charge in [0.25, 0.3) is 5.91 Å². The fraction of sp³-hybridized carbons (Fsp3) is 0.400. The van der Waals surface area contributed by atoms with E-state index in [0.717, 1.165) is 18.7 Å². The second kappa shape index (κ2) is 7.72. The molecule has 1 unspecified atom stereocenters. The Morgan fingerprint density at radius 2 is 2.04 bits per heavy atom. The second-order valence-corrected chi connectivity index (χ2v) is 7.05. The van der Waals surface area contributed by atoms with E-state index in [-0.39, 0.29) is 18.3 Å². The van der Waals surface area contributed by atoms with Gasteiger partial charge >= 0.3 is 0 Å². The van der Waals surface area contributed by atoms with Gasteiger partial charge in [0.05, 0.1) is 19.8 Å². The number of carbonyl (C=O) groups excluding carboxylic acids is 1. The Hall–Kier alpha value is -2.35. The van der Waals surface area contributed by atoms with Crippen LogP contribution in [-0.4, -0.2) is 60.8 Å². The van der Waals surface area contributed by atoms with Crippen LogP contribution in [-0.2, 0) is 20.8 Å². The molecule has 142 valence electrons. The number of nitrogens with zero attached hydrogens (tertiary/aromatic N) is 3. The van der Waals surface area contributed by atoms with Crippen molar-refractivity contribution in [3.8, 4) is 0 Å². The molecule has 1 aromatic carbocycles. The lowest BCUT2D eigenvalue weighted by molar-refractivity contribution is -0.146. The first kappa shape index (κ1) is 18.0. The molecule has 1 amide bonds. The van der Waals surface area contributed by atoms with Crippen LogP contribution in [0.4, 0.5) is 10.1 Å². The fourth-order valence-electron chi connectivity index (χ4n) is 3.62. The number of ether oxygens (including phenoxy) is 2. The highest BCUT2D eigenvalue weighted by Crippen LogP contribution is 2.27. The molecule has 2 saturated heterocycles. The van der Waals surface area contributed by atoms with Crippen molar-refractivity contribution < 1.29 is 18.7 Å². The highest BCUT2D eigenvalue weighted by Gasteiger charge is 2.43. The minimum absolute atomic E-state index is 0.0124. The normalized spacial score (nSPS) is 24.2. The fourth-order valence-corrected chi connectivity index (χ4v) is 3.62. The van der Waals surface area contributed by atoms with Gasteiger partial charge in [-0.25, -0.2) is 4.39 Å². The first-order chi connectivity index (χ1) is 13.1. The SMILES string of the molecule is O=C1COC2(COCCN(Cc3cccnc3)C2)CN1c1ccc(F)cc1. The van der Waals surface area contributed by atoms with Crippen LogP contribution < -0.4 is 4.90 Å². The average Bonchev–Trinajstić information content (AvgIpc) is 2.88. The summed E-state index contributed by atoms with van der Waals surface area (Å²) in [7, 11) is 0. The number of pyridine rings is 1. The molecule has 7 heteroatoms. The Bertz CT molecular complexity index is 787. The molecule has 0 bridgehead atoms. The van der Waals surface area contributed by atoms with Crippen LogP contribution in [0.5, 0.6) is 0 Å². The quantitative estimate of drug-likeness (QED) is 0.824. The summed E-state index contributed by atoms with van der Waals surface area (Å²) >= 11 is 0. The van der Waals surface area contributed by atoms with E-state index in [4.69, 9.17) is 9.47 Å². The molecule has 2 fully saturated rings. The van der Waals surface area contributed by atoms with E-state index in [1.54, 1.807) is 23.2 Å². The number of halogens is 1. The third kappa shape index (κ3) is 4.16. The highest BCUT2D eigenvalue weighted by molar-refractivity contribution is 5.95. The van der Waals surface area contributed by atoms with Gasteiger partial charge < -0.3 is 14.4 Å². The number of hydrogen-bond donors (Lipinski definition) is 0. The number of hydrogen-bond acceptors (Lipinski definition) is 5. The minimum Gasteiger partial charge on any atom is -0.377 e. The molecule has 2 aliphatic heterocycles. The van der Waals surface area contributed by atoms with Crippen LogP contribution in [0.25, 0.3) is 0 Å². The molecule has 0 saturated carbocycles. The maximum absolute atomic E-state index is 13.3. The van der Waals surface area contributed by atoms with E-state index in [2.05, 4.69) is 9.88 Å². The molecule has 2 aromatic rings. The molecule has 1 spiro atoms. The van der Waals surface area contributed by atoms with Gasteiger partial charge in [0, 0.05) is 37.7 Å². The summed E-state index contributed by atoms with van der Waals surface area (Å²) in [6, 6.07) is 9.94. The second-order valence-electron chi connectivity index (χ2n) is 7.05. The maximum atomic E-state index is 13.3. The molecule has 3 heterocycles. The molecule has 2 aliphatic rings. The van der Waals surface area contributed by atoms with E-state index in [0.29, 0.717) is 32.0 Å². The van der Waals surface area contributed by atoms with Crippen molar-refractivity contribution in [3.63, 3.8) is 0 Å². The van der Waals surface area contributed by atoms with Crippen molar-refractivity contribution in [2.45, 2.75) is 12.1 Å². The van der Waals surface area contributed by atoms with Crippen molar-refractivity contribution in [2.24, 2.45) is 0 Å². The van der Waals surface area contributed by atoms with E-state index in [1.165, 1.54) is 12.1 Å². The maximum Gasteiger partial charge on any atom is 0.253 e. The molecular formula is C20H22FN3O3. The van der Waals surface area contributed by atoms with Crippen LogP contribution in [0.2, 0.25) is 0 Å². The van der Waals surface area contributed by atoms with Gasteiger partial charge in [-0.05, 0) is 35.9 Å². The van der Waals surface area contributed by atoms with Crippen molar-refractivity contribution in [2.75, 3.05) is 44.4 Å². The number of rotatable bonds is 3. The van der Waals surface area contributed by atoms with E-state index >= 15 is 0 Å². The van der Waals surface area contributed by atoms with Crippen molar-refractivity contribution in [1.82, 2.24) is 9.88 Å². The van der Waals surface area contributed by atoms with Crippen molar-refractivity contribution in [3.05, 3.63) is 60.2 Å². The number of amides is 1. The number of carbonyl (C=O) groups is 1. The zero-order valence-electron chi connectivity index (χ0n) is 15.0. The predicted octanol–water partition coefficient (Wildman–Crippen LogP) is 1.86. The summed E-state index contributed by atoms with van der Waals surface area (Å²) in [4.78, 5) is 20.5. The Morgan fingerprint density at radius 3 is 2.81 bits per heavy atom. The monoisotopic (exact) mass is 371 g/mol. The van der Waals surface area contributed by atoms with Gasteiger partial charge in [-0.3, -0.25) is 14.7 Å². The van der Waals surface area contributed by atoms with Crippen molar-refractivity contribution >= 4 is 11.6 Å². The molecule has 1 aromatic heterocycles. The summed E-state index contributed by atoms with van der Waals surface area (Å²) in [5.41, 5.74) is 1.19. The van der Waals surface area contributed by atoms with E-state index in [1.807, 2.05) is 18.3 Å². The summed E-state index contributed by atoms with van der Waals surface area (Å²) in [5.74, 6) is -0.454. The molecular weight excluding hydrogens is 349 g/mol. The number of benzene rings is 1. The Balaban J connectivity index is 1.53. The molecule has 1 atom stereocenters. The molecule has 6 nitrogen and oxygen atoms in total. The van der Waals surface area contributed by atoms with E-state index < -0.39 is 5.60 Å². The molecule has 0 radical (unpaired) electrons. The Kier molecular flexibility index (Phi) is 5.15. The first-order valence-corrected chi connectivity index (χ1v) is 9.02. The lowest BCUT2D eigenvalue weighted by Crippen LogP contribution is -2.60. The summed E-state index contributed by atoms with van der Waals surface area (Å²) < 4.78 is 25.1. The van der Waals surface area contributed by atoms with Gasteiger partial charge in [-0.1, -0.05) is 6.07 Å². The Labute approximate surface area is 157 Å². The summed E-state index contributed by atoms with van der Waals surface area (Å²) in [6.07, 6.45) is 3.61. The Morgan fingerprint density at radius 1 is 1.19 bits per heavy atom. The van der Waals surface area contributed by atoms with Crippen LogP contribution in [0.15, 0.2) is 48.8 Å². The van der Waals surface area contributed by atoms with Crippen molar-refractivity contribution in [1.29, 1.82) is 0 Å². The van der Waals surface area contributed by atoms with Crippen LogP contribution in [0.1, 0.15) is 5.56 Å². The van der Waals surface area contributed by atoms with Gasteiger partial charge in [-0.2, -0.15) is 0 Å². The van der Waals surface area contributed by atoms with Gasteiger partial charge in [0.15, 0.2) is 0 Å². The van der Waals surface area contributed by atoms with Crippen LogP contribution in [0.3, 0.4) is 0 Å². The van der Waals surface area contributed by atoms with E-state index in [9.17, 15) is 9.18 Å². The minimum atomic E-state index is -0.610. The third-order valence-corrected chi connectivity index (χ3v) is 4.95. The van der Waals surface area contributed by atoms with Gasteiger partial charge in [-0.15, -0.1) is 0 Å². The first-order valence-electron chi connectivity index (χ1n) is 9.02. The van der Waals surface area contributed by atoms with Crippen LogP contribution >= 0.6 is 0 Å². The van der Waals surface area contributed by atoms with Gasteiger partial charge in [0.1, 0.15) is 18.0 Å². The topological polar surface area (TPSA) is 54.9 Å². The smallest absolute Gasteiger partial charge is 0.253 e. The number of morpholine rings is 1. The molecule has 27 heavy (non-hydrogen) atoms. The highest BCUT2D eigenvalue weighted by atomic mass is 19.1. The standard InChI is InChI=1S/C20H22FN3O3/c21-17-3-5-18(6-4-17)24-14-20(27-12-19(24)25)13-23(8-9-26-15-20)11-16-2-1-7-22-10-16/h1-7,10H,8-9,11-15H2. The summed E-state index contributed by atoms with van der Waals surface area (Å²) in [5, 5.41) is 0. The molecule has 0 aliphatic carbocycles. The molecule has 0 N–H and O–H groups in total. The lowest BCUT2D eigenvalue weighted by atomic mass is 10.0. The van der Waals surface area contributed by atoms with Gasteiger partial charge in [0.2, 0.25) is 0 Å². The number of aromatic nitrogens is 1. The third-order valence-electron chi connectivity index (χ3n) is 4.95. The lowest BCUT2D eigenvalue weighted by Gasteiger charge is -2.43. The largest absolute Gasteiger partial charge is 0.377 e. The zero-order chi connectivity index (χ0) is 18.7. The number of anilines is 1. The predicted molar refractivity (Wildman–Crippen MR) is 97.8 cm³/mol.